The van der Waals surface area contributed by atoms with E-state index in [0.29, 0.717) is 6.54 Å². The first kappa shape index (κ1) is 23.8. The van der Waals surface area contributed by atoms with Gasteiger partial charge >= 0.3 is 0 Å². The van der Waals surface area contributed by atoms with Gasteiger partial charge in [-0.15, -0.1) is 0 Å². The highest BCUT2D eigenvalue weighted by atomic mass is 16.1. The van der Waals surface area contributed by atoms with E-state index in [1.54, 1.807) is 6.08 Å². The van der Waals surface area contributed by atoms with Gasteiger partial charge in [0.05, 0.1) is 11.0 Å². The molecule has 4 nitrogen and oxygen atoms in total. The van der Waals surface area contributed by atoms with Crippen molar-refractivity contribution in [2.24, 2.45) is 0 Å². The van der Waals surface area contributed by atoms with E-state index in [2.05, 4.69) is 41.1 Å². The van der Waals surface area contributed by atoms with Gasteiger partial charge in [-0.3, -0.25) is 4.79 Å². The molecule has 170 valence electrons. The number of imidazole rings is 1. The van der Waals surface area contributed by atoms with Crippen LogP contribution in [0.2, 0.25) is 0 Å². The second kappa shape index (κ2) is 13.5. The molecule has 1 aromatic heterocycles. The summed E-state index contributed by atoms with van der Waals surface area (Å²) in [5, 5.41) is 2.98. The van der Waals surface area contributed by atoms with Crippen molar-refractivity contribution >= 4 is 23.0 Å². The van der Waals surface area contributed by atoms with E-state index in [1.165, 1.54) is 43.4 Å². The Morgan fingerprint density at radius 1 is 0.906 bits per heavy atom. The van der Waals surface area contributed by atoms with Crippen molar-refractivity contribution in [1.29, 1.82) is 0 Å². The Bertz CT molecular complexity index is 975. The molecule has 1 amide bonds. The summed E-state index contributed by atoms with van der Waals surface area (Å²) in [5.41, 5.74) is 3.40. The molecular formula is C28H37N3O. The summed E-state index contributed by atoms with van der Waals surface area (Å²) in [6, 6.07) is 18.4. The standard InChI is InChI=1S/C28H37N3O/c1-2-3-4-5-14-23-31-26-18-12-11-17-25(26)30-27(31)19-10-7-13-22-29-28(32)21-20-24-15-8-6-9-16-24/h6,8-9,11-12,15-18,20-21H,2-5,7,10,13-14,19,22-23H2,1H3,(H,29,32)/b21-20+. The summed E-state index contributed by atoms with van der Waals surface area (Å²) in [7, 11) is 0. The maximum absolute atomic E-state index is 12.0. The van der Waals surface area contributed by atoms with E-state index in [-0.39, 0.29) is 5.91 Å². The predicted molar refractivity (Wildman–Crippen MR) is 135 cm³/mol. The molecule has 0 unspecified atom stereocenters. The minimum Gasteiger partial charge on any atom is -0.353 e. The van der Waals surface area contributed by atoms with E-state index in [1.807, 2.05) is 36.4 Å². The third kappa shape index (κ3) is 7.67. The molecule has 3 rings (SSSR count). The normalized spacial score (nSPS) is 11.4. The lowest BCUT2D eigenvalue weighted by molar-refractivity contribution is -0.116. The summed E-state index contributed by atoms with van der Waals surface area (Å²) in [6.45, 7) is 4.03. The molecule has 0 aliphatic heterocycles. The Morgan fingerprint density at radius 3 is 2.50 bits per heavy atom. The van der Waals surface area contributed by atoms with E-state index >= 15 is 0 Å². The number of hydrogen-bond acceptors (Lipinski definition) is 2. The second-order valence-corrected chi connectivity index (χ2v) is 8.43. The number of unbranched alkanes of at least 4 members (excludes halogenated alkanes) is 6. The number of benzene rings is 2. The molecule has 0 radical (unpaired) electrons. The average molecular weight is 432 g/mol. The zero-order chi connectivity index (χ0) is 22.4. The lowest BCUT2D eigenvalue weighted by atomic mass is 10.1. The van der Waals surface area contributed by atoms with Crippen LogP contribution in [-0.4, -0.2) is 22.0 Å². The Morgan fingerprint density at radius 2 is 1.66 bits per heavy atom. The molecule has 4 heteroatoms. The fraction of sp³-hybridized carbons (Fsp3) is 0.429. The number of amides is 1. The molecule has 0 bridgehead atoms. The molecule has 0 atom stereocenters. The largest absolute Gasteiger partial charge is 0.353 e. The summed E-state index contributed by atoms with van der Waals surface area (Å²) >= 11 is 0. The van der Waals surface area contributed by atoms with Crippen molar-refractivity contribution in [3.63, 3.8) is 0 Å². The lowest BCUT2D eigenvalue weighted by Gasteiger charge is -2.09. The summed E-state index contributed by atoms with van der Waals surface area (Å²) in [5.74, 6) is 1.18. The summed E-state index contributed by atoms with van der Waals surface area (Å²) < 4.78 is 2.43. The van der Waals surface area contributed by atoms with Crippen LogP contribution in [0.1, 0.15) is 69.7 Å². The number of nitrogens with one attached hydrogen (secondary N) is 1. The SMILES string of the molecule is CCCCCCCn1c(CCCCCNC(=O)/C=C/c2ccccc2)nc2ccccc21. The monoisotopic (exact) mass is 431 g/mol. The smallest absolute Gasteiger partial charge is 0.243 e. The first-order valence-corrected chi connectivity index (χ1v) is 12.2. The van der Waals surface area contributed by atoms with Gasteiger partial charge in [0.1, 0.15) is 5.82 Å². The van der Waals surface area contributed by atoms with Gasteiger partial charge < -0.3 is 9.88 Å². The fourth-order valence-corrected chi connectivity index (χ4v) is 4.03. The molecule has 0 aliphatic rings. The highest BCUT2D eigenvalue weighted by Gasteiger charge is 2.10. The average Bonchev–Trinajstić information content (AvgIpc) is 3.18. The Balaban J connectivity index is 1.40. The fourth-order valence-electron chi connectivity index (χ4n) is 4.03. The second-order valence-electron chi connectivity index (χ2n) is 8.43. The molecule has 1 heterocycles. The van der Waals surface area contributed by atoms with Crippen molar-refractivity contribution < 1.29 is 4.79 Å². The highest BCUT2D eigenvalue weighted by Crippen LogP contribution is 2.19. The molecule has 0 spiro atoms. The first-order chi connectivity index (χ1) is 15.8. The van der Waals surface area contributed by atoms with Crippen LogP contribution in [0.25, 0.3) is 17.1 Å². The Hall–Kier alpha value is -2.88. The summed E-state index contributed by atoms with van der Waals surface area (Å²) in [6.07, 6.45) is 14.1. The van der Waals surface area contributed by atoms with Crippen LogP contribution in [0.15, 0.2) is 60.7 Å². The van der Waals surface area contributed by atoms with Crippen LogP contribution < -0.4 is 5.32 Å². The quantitative estimate of drug-likeness (QED) is 0.232. The zero-order valence-corrected chi connectivity index (χ0v) is 19.4. The van der Waals surface area contributed by atoms with Crippen molar-refractivity contribution in [2.45, 2.75) is 71.3 Å². The maximum atomic E-state index is 12.0. The van der Waals surface area contributed by atoms with Gasteiger partial charge in [-0.25, -0.2) is 4.98 Å². The number of rotatable bonds is 14. The van der Waals surface area contributed by atoms with Gasteiger partial charge in [0, 0.05) is 25.6 Å². The van der Waals surface area contributed by atoms with Crippen LogP contribution in [-0.2, 0) is 17.8 Å². The molecule has 32 heavy (non-hydrogen) atoms. The lowest BCUT2D eigenvalue weighted by Crippen LogP contribution is -2.22. The number of carbonyl (C=O) groups excluding carboxylic acids is 1. The molecular weight excluding hydrogens is 394 g/mol. The molecule has 3 aromatic rings. The molecule has 0 aliphatic carbocycles. The van der Waals surface area contributed by atoms with Gasteiger partial charge in [-0.2, -0.15) is 0 Å². The van der Waals surface area contributed by atoms with Crippen molar-refractivity contribution in [2.75, 3.05) is 6.54 Å². The Kier molecular flexibility index (Phi) is 10.0. The third-order valence-corrected chi connectivity index (χ3v) is 5.82. The van der Waals surface area contributed by atoms with Gasteiger partial charge in [-0.05, 0) is 43.0 Å². The molecule has 2 aromatic carbocycles. The minimum atomic E-state index is -0.0290. The molecule has 0 saturated heterocycles. The van der Waals surface area contributed by atoms with Gasteiger partial charge in [0.25, 0.3) is 0 Å². The van der Waals surface area contributed by atoms with Gasteiger partial charge in [0.2, 0.25) is 5.91 Å². The molecule has 0 saturated carbocycles. The number of fused-ring (bicyclic) bond motifs is 1. The van der Waals surface area contributed by atoms with Crippen LogP contribution >= 0.6 is 0 Å². The maximum Gasteiger partial charge on any atom is 0.243 e. The number of hydrogen-bond donors (Lipinski definition) is 1. The molecule has 0 fully saturated rings. The van der Waals surface area contributed by atoms with E-state index in [0.717, 1.165) is 43.3 Å². The first-order valence-electron chi connectivity index (χ1n) is 12.2. The number of carbonyl (C=O) groups is 1. The third-order valence-electron chi connectivity index (χ3n) is 5.82. The minimum absolute atomic E-state index is 0.0290. The van der Waals surface area contributed by atoms with Crippen LogP contribution in [0.4, 0.5) is 0 Å². The number of aromatic nitrogens is 2. The number of para-hydroxylation sites is 2. The van der Waals surface area contributed by atoms with Crippen LogP contribution in [0, 0.1) is 0 Å². The van der Waals surface area contributed by atoms with E-state index < -0.39 is 0 Å². The zero-order valence-electron chi connectivity index (χ0n) is 19.4. The predicted octanol–water partition coefficient (Wildman–Crippen LogP) is 6.55. The number of nitrogens with zero attached hydrogens (tertiary/aromatic N) is 2. The van der Waals surface area contributed by atoms with Gasteiger partial charge in [-0.1, -0.05) is 81.5 Å². The Labute approximate surface area is 192 Å². The molecule has 1 N–H and O–H groups in total. The van der Waals surface area contributed by atoms with Crippen LogP contribution in [0.3, 0.4) is 0 Å². The van der Waals surface area contributed by atoms with Crippen molar-refractivity contribution in [3.05, 3.63) is 72.1 Å². The van der Waals surface area contributed by atoms with E-state index in [9.17, 15) is 4.79 Å². The van der Waals surface area contributed by atoms with E-state index in [4.69, 9.17) is 4.98 Å². The highest BCUT2D eigenvalue weighted by molar-refractivity contribution is 5.91. The van der Waals surface area contributed by atoms with Crippen molar-refractivity contribution in [1.82, 2.24) is 14.9 Å². The van der Waals surface area contributed by atoms with Gasteiger partial charge in [0.15, 0.2) is 0 Å². The van der Waals surface area contributed by atoms with Crippen LogP contribution in [0.5, 0.6) is 0 Å². The topological polar surface area (TPSA) is 46.9 Å². The van der Waals surface area contributed by atoms with Crippen molar-refractivity contribution in [3.8, 4) is 0 Å². The summed E-state index contributed by atoms with van der Waals surface area (Å²) in [4.78, 5) is 16.9. The number of aryl methyl sites for hydroxylation is 2.